The van der Waals surface area contributed by atoms with Crippen molar-refractivity contribution in [1.29, 1.82) is 0 Å². The molecule has 1 saturated heterocycles. The van der Waals surface area contributed by atoms with E-state index in [0.29, 0.717) is 12.8 Å². The summed E-state index contributed by atoms with van der Waals surface area (Å²) in [5, 5.41) is 15.0. The maximum atomic E-state index is 11.8. The van der Waals surface area contributed by atoms with Crippen LogP contribution in [-0.4, -0.2) is 36.0 Å². The predicted octanol–water partition coefficient (Wildman–Crippen LogP) is -1.07. The zero-order valence-electron chi connectivity index (χ0n) is 14.8. The van der Waals surface area contributed by atoms with E-state index in [1.807, 2.05) is 36.4 Å². The van der Waals surface area contributed by atoms with Gasteiger partial charge < -0.3 is 20.1 Å². The summed E-state index contributed by atoms with van der Waals surface area (Å²) in [6.07, 6.45) is 2.10. The van der Waals surface area contributed by atoms with E-state index in [2.05, 4.69) is 34.5 Å². The molecule has 0 atom stereocenters. The number of para-hydroxylation sites is 1. The molecule has 0 aromatic heterocycles. The molecule has 1 N–H and O–H groups in total. The topological polar surface area (TPSA) is 55.4 Å². The number of piperidine rings is 1. The standard InChI is InChI=1S/C20H24N2O2.Na/c23-19(24)20(21-18-9-5-2-6-10-18)12-15-22(16-13-20)14-11-17-7-3-1-4-8-17;/h1-10,21H,11-16H2,(H,23,24);/q;+1/p-1. The first-order chi connectivity index (χ1) is 11.7. The Hall–Kier alpha value is -1.33. The first-order valence-electron chi connectivity index (χ1n) is 8.49. The van der Waals surface area contributed by atoms with Crippen molar-refractivity contribution in [3.05, 3.63) is 66.2 Å². The molecule has 0 unspecified atom stereocenters. The van der Waals surface area contributed by atoms with Crippen LogP contribution in [-0.2, 0) is 11.2 Å². The minimum absolute atomic E-state index is 0. The van der Waals surface area contributed by atoms with Crippen molar-refractivity contribution in [2.24, 2.45) is 0 Å². The smallest absolute Gasteiger partial charge is 0.548 e. The van der Waals surface area contributed by atoms with Gasteiger partial charge in [-0.05, 0) is 37.0 Å². The molecule has 1 fully saturated rings. The van der Waals surface area contributed by atoms with Gasteiger partial charge in [0.15, 0.2) is 0 Å². The number of likely N-dealkylation sites (tertiary alicyclic amines) is 1. The maximum absolute atomic E-state index is 11.8. The van der Waals surface area contributed by atoms with Crippen molar-refractivity contribution in [2.45, 2.75) is 24.8 Å². The van der Waals surface area contributed by atoms with Crippen LogP contribution in [0.5, 0.6) is 0 Å². The molecule has 0 saturated carbocycles. The van der Waals surface area contributed by atoms with Gasteiger partial charge in [0.1, 0.15) is 0 Å². The van der Waals surface area contributed by atoms with Crippen LogP contribution in [0.25, 0.3) is 0 Å². The molecular weight excluding hydrogens is 323 g/mol. The van der Waals surface area contributed by atoms with Gasteiger partial charge in [-0.3, -0.25) is 0 Å². The molecule has 1 aliphatic rings. The van der Waals surface area contributed by atoms with E-state index in [9.17, 15) is 9.90 Å². The quantitative estimate of drug-likeness (QED) is 0.677. The fraction of sp³-hybridized carbons (Fsp3) is 0.350. The number of carbonyl (C=O) groups is 1. The number of nitrogens with one attached hydrogen (secondary N) is 1. The predicted molar refractivity (Wildman–Crippen MR) is 93.6 cm³/mol. The Labute approximate surface area is 171 Å². The average Bonchev–Trinajstić information content (AvgIpc) is 2.63. The average molecular weight is 346 g/mol. The fourth-order valence-corrected chi connectivity index (χ4v) is 3.27. The largest absolute Gasteiger partial charge is 1.00 e. The van der Waals surface area contributed by atoms with Gasteiger partial charge in [-0.2, -0.15) is 0 Å². The van der Waals surface area contributed by atoms with Crippen LogP contribution in [0.2, 0.25) is 0 Å². The van der Waals surface area contributed by atoms with Crippen LogP contribution in [0.15, 0.2) is 60.7 Å². The number of rotatable bonds is 6. The third kappa shape index (κ3) is 5.32. The molecule has 0 amide bonds. The Morgan fingerprint density at radius 2 is 1.56 bits per heavy atom. The molecule has 2 aromatic carbocycles. The minimum Gasteiger partial charge on any atom is -0.548 e. The van der Waals surface area contributed by atoms with Crippen molar-refractivity contribution >= 4 is 11.7 Å². The molecule has 5 heteroatoms. The monoisotopic (exact) mass is 346 g/mol. The summed E-state index contributed by atoms with van der Waals surface area (Å²) < 4.78 is 0. The van der Waals surface area contributed by atoms with Gasteiger partial charge in [0.05, 0.1) is 11.5 Å². The van der Waals surface area contributed by atoms with Crippen LogP contribution < -0.4 is 40.0 Å². The first kappa shape index (κ1) is 20.0. The molecule has 1 heterocycles. The molecule has 3 rings (SSSR count). The molecule has 1 aliphatic heterocycles. The van der Waals surface area contributed by atoms with Crippen LogP contribution >= 0.6 is 0 Å². The second-order valence-electron chi connectivity index (χ2n) is 6.44. The van der Waals surface area contributed by atoms with Gasteiger partial charge in [-0.1, -0.05) is 48.5 Å². The molecule has 0 bridgehead atoms. The SMILES string of the molecule is O=C([O-])C1(Nc2ccccc2)CCN(CCc2ccccc2)CC1.[Na+]. The fourth-order valence-electron chi connectivity index (χ4n) is 3.27. The molecule has 25 heavy (non-hydrogen) atoms. The summed E-state index contributed by atoms with van der Waals surface area (Å²) >= 11 is 0. The molecule has 0 spiro atoms. The van der Waals surface area contributed by atoms with Crippen molar-refractivity contribution < 1.29 is 39.5 Å². The molecule has 0 radical (unpaired) electrons. The second-order valence-corrected chi connectivity index (χ2v) is 6.44. The van der Waals surface area contributed by atoms with Crippen molar-refractivity contribution in [3.8, 4) is 0 Å². The zero-order valence-corrected chi connectivity index (χ0v) is 16.8. The number of carboxylic acid groups (broad SMARTS) is 1. The van der Waals surface area contributed by atoms with Crippen LogP contribution in [0, 0.1) is 0 Å². The zero-order chi connectivity index (χ0) is 16.8. The Bertz CT molecular complexity index is 656. The van der Waals surface area contributed by atoms with Crippen molar-refractivity contribution in [2.75, 3.05) is 25.0 Å². The summed E-state index contributed by atoms with van der Waals surface area (Å²) in [4.78, 5) is 14.1. The summed E-state index contributed by atoms with van der Waals surface area (Å²) in [5.41, 5.74) is 1.18. The molecule has 4 nitrogen and oxygen atoms in total. The number of anilines is 1. The Morgan fingerprint density at radius 3 is 2.12 bits per heavy atom. The van der Waals surface area contributed by atoms with Gasteiger partial charge in [0, 0.05) is 25.3 Å². The maximum Gasteiger partial charge on any atom is 1.00 e. The Morgan fingerprint density at radius 1 is 1.00 bits per heavy atom. The summed E-state index contributed by atoms with van der Waals surface area (Å²) in [5.74, 6) is -1.01. The van der Waals surface area contributed by atoms with Crippen molar-refractivity contribution in [3.63, 3.8) is 0 Å². The summed E-state index contributed by atoms with van der Waals surface area (Å²) in [6, 6.07) is 19.9. The Kier molecular flexibility index (Phi) is 7.51. The normalized spacial score (nSPS) is 16.6. The number of hydrogen-bond donors (Lipinski definition) is 1. The van der Waals surface area contributed by atoms with Gasteiger partial charge >= 0.3 is 29.6 Å². The van der Waals surface area contributed by atoms with Gasteiger partial charge in [0.25, 0.3) is 0 Å². The van der Waals surface area contributed by atoms with E-state index in [1.54, 1.807) is 0 Å². The third-order valence-corrected chi connectivity index (χ3v) is 4.82. The number of benzene rings is 2. The molecular formula is C20H23N2NaO2. The van der Waals surface area contributed by atoms with E-state index in [1.165, 1.54) is 5.56 Å². The van der Waals surface area contributed by atoms with E-state index in [0.717, 1.165) is 31.7 Å². The van der Waals surface area contributed by atoms with Gasteiger partial charge in [-0.25, -0.2) is 0 Å². The molecule has 2 aromatic rings. The van der Waals surface area contributed by atoms with Gasteiger partial charge in [-0.15, -0.1) is 0 Å². The number of hydrogen-bond acceptors (Lipinski definition) is 4. The number of nitrogens with zero attached hydrogens (tertiary/aromatic N) is 1. The summed E-state index contributed by atoms with van der Waals surface area (Å²) in [7, 11) is 0. The van der Waals surface area contributed by atoms with Crippen LogP contribution in [0.3, 0.4) is 0 Å². The first-order valence-corrected chi connectivity index (χ1v) is 8.49. The van der Waals surface area contributed by atoms with Crippen LogP contribution in [0.1, 0.15) is 18.4 Å². The third-order valence-electron chi connectivity index (χ3n) is 4.82. The summed E-state index contributed by atoms with van der Waals surface area (Å²) in [6.45, 7) is 2.49. The van der Waals surface area contributed by atoms with Crippen LogP contribution in [0.4, 0.5) is 5.69 Å². The van der Waals surface area contributed by atoms with Gasteiger partial charge in [0.2, 0.25) is 0 Å². The van der Waals surface area contributed by atoms with E-state index in [4.69, 9.17) is 0 Å². The van der Waals surface area contributed by atoms with E-state index < -0.39 is 11.5 Å². The Balaban J connectivity index is 0.00000225. The minimum atomic E-state index is -1.01. The van der Waals surface area contributed by atoms with Crippen molar-refractivity contribution in [1.82, 2.24) is 4.90 Å². The number of aliphatic carboxylic acids is 1. The van der Waals surface area contributed by atoms with E-state index >= 15 is 0 Å². The number of carboxylic acids is 1. The molecule has 126 valence electrons. The molecule has 0 aliphatic carbocycles. The van der Waals surface area contributed by atoms with E-state index in [-0.39, 0.29) is 29.6 Å². The second kappa shape index (κ2) is 9.39. The number of carbonyl (C=O) groups excluding carboxylic acids is 1.